The quantitative estimate of drug-likeness (QED) is 0.463. The zero-order valence-corrected chi connectivity index (χ0v) is 16.5. The van der Waals surface area contributed by atoms with Crippen molar-refractivity contribution in [1.82, 2.24) is 5.32 Å². The first-order chi connectivity index (χ1) is 13.6. The molecule has 0 aliphatic heterocycles. The Morgan fingerprint density at radius 2 is 1.75 bits per heavy atom. The number of carbonyl (C=O) groups excluding carboxylic acids is 2. The van der Waals surface area contributed by atoms with Gasteiger partial charge in [0.2, 0.25) is 0 Å². The number of ether oxygens (including phenoxy) is 3. The minimum absolute atomic E-state index is 0.273. The number of hydrogen-bond acceptors (Lipinski definition) is 6. The fourth-order valence-corrected chi connectivity index (χ4v) is 3.81. The Kier molecular flexibility index (Phi) is 6.49. The SMILES string of the molecule is COc1ccccc1OCCNC(=O)COC(=O)c1sc2ccccc2c1C. The molecule has 0 saturated carbocycles. The van der Waals surface area contributed by atoms with Crippen molar-refractivity contribution in [2.75, 3.05) is 26.9 Å². The van der Waals surface area contributed by atoms with Gasteiger partial charge in [0.15, 0.2) is 18.1 Å². The average Bonchev–Trinajstić information content (AvgIpc) is 3.06. The van der Waals surface area contributed by atoms with E-state index in [2.05, 4.69) is 5.32 Å². The highest BCUT2D eigenvalue weighted by Crippen LogP contribution is 2.31. The maximum absolute atomic E-state index is 12.3. The smallest absolute Gasteiger partial charge is 0.349 e. The van der Waals surface area contributed by atoms with Crippen LogP contribution in [0.4, 0.5) is 0 Å². The molecule has 3 rings (SSSR count). The number of rotatable bonds is 8. The van der Waals surface area contributed by atoms with Crippen LogP contribution in [0, 0.1) is 6.92 Å². The summed E-state index contributed by atoms with van der Waals surface area (Å²) >= 11 is 1.37. The van der Waals surface area contributed by atoms with Gasteiger partial charge in [-0.3, -0.25) is 4.79 Å². The van der Waals surface area contributed by atoms with Gasteiger partial charge >= 0.3 is 5.97 Å². The summed E-state index contributed by atoms with van der Waals surface area (Å²) in [5.41, 5.74) is 0.871. The van der Waals surface area contributed by atoms with Crippen molar-refractivity contribution in [3.05, 3.63) is 59.0 Å². The second kappa shape index (κ2) is 9.23. The minimum Gasteiger partial charge on any atom is -0.493 e. The molecule has 0 unspecified atom stereocenters. The molecule has 6 nitrogen and oxygen atoms in total. The fourth-order valence-electron chi connectivity index (χ4n) is 2.71. The second-order valence-electron chi connectivity index (χ2n) is 5.98. The van der Waals surface area contributed by atoms with Crippen LogP contribution in [0.1, 0.15) is 15.2 Å². The van der Waals surface area contributed by atoms with Gasteiger partial charge in [0.05, 0.1) is 13.7 Å². The van der Waals surface area contributed by atoms with Crippen molar-refractivity contribution >= 4 is 33.3 Å². The van der Waals surface area contributed by atoms with Gasteiger partial charge in [-0.2, -0.15) is 0 Å². The average molecular weight is 399 g/mol. The molecule has 0 fully saturated rings. The number of carbonyl (C=O) groups is 2. The van der Waals surface area contributed by atoms with Gasteiger partial charge in [-0.1, -0.05) is 30.3 Å². The van der Waals surface area contributed by atoms with Crippen LogP contribution in [0.15, 0.2) is 48.5 Å². The van der Waals surface area contributed by atoms with E-state index < -0.39 is 5.97 Å². The Morgan fingerprint density at radius 1 is 1.04 bits per heavy atom. The lowest BCUT2D eigenvalue weighted by Gasteiger charge is -2.11. The van der Waals surface area contributed by atoms with E-state index in [0.29, 0.717) is 16.4 Å². The fraction of sp³-hybridized carbons (Fsp3) is 0.238. The molecule has 1 N–H and O–H groups in total. The number of fused-ring (bicyclic) bond motifs is 1. The summed E-state index contributed by atoms with van der Waals surface area (Å²) in [4.78, 5) is 24.7. The van der Waals surface area contributed by atoms with Crippen LogP contribution in [0.2, 0.25) is 0 Å². The minimum atomic E-state index is -0.487. The molecule has 7 heteroatoms. The van der Waals surface area contributed by atoms with Gasteiger partial charge in [-0.05, 0) is 36.1 Å². The van der Waals surface area contributed by atoms with Crippen LogP contribution in [0.5, 0.6) is 11.5 Å². The molecule has 1 aromatic heterocycles. The van der Waals surface area contributed by atoms with Crippen LogP contribution in [0.25, 0.3) is 10.1 Å². The molecule has 146 valence electrons. The van der Waals surface area contributed by atoms with Crippen molar-refractivity contribution < 1.29 is 23.8 Å². The number of esters is 1. The molecular weight excluding hydrogens is 378 g/mol. The van der Waals surface area contributed by atoms with E-state index in [9.17, 15) is 9.59 Å². The first-order valence-electron chi connectivity index (χ1n) is 8.78. The van der Waals surface area contributed by atoms with E-state index in [1.165, 1.54) is 11.3 Å². The molecular formula is C21H21NO5S. The van der Waals surface area contributed by atoms with Crippen molar-refractivity contribution in [3.63, 3.8) is 0 Å². The molecule has 0 aliphatic rings. The summed E-state index contributed by atoms with van der Waals surface area (Å²) in [5, 5.41) is 3.69. The van der Waals surface area contributed by atoms with Crippen molar-refractivity contribution in [3.8, 4) is 11.5 Å². The first-order valence-corrected chi connectivity index (χ1v) is 9.59. The van der Waals surface area contributed by atoms with Crippen LogP contribution in [-0.2, 0) is 9.53 Å². The number of benzene rings is 2. The Balaban J connectivity index is 1.44. The summed E-state index contributed by atoms with van der Waals surface area (Å²) < 4.78 is 16.9. The molecule has 28 heavy (non-hydrogen) atoms. The lowest BCUT2D eigenvalue weighted by atomic mass is 10.1. The topological polar surface area (TPSA) is 73.9 Å². The second-order valence-corrected chi connectivity index (χ2v) is 7.03. The first kappa shape index (κ1) is 19.7. The van der Waals surface area contributed by atoms with Crippen LogP contribution in [-0.4, -0.2) is 38.7 Å². The van der Waals surface area contributed by atoms with E-state index >= 15 is 0 Å². The van der Waals surface area contributed by atoms with Crippen LogP contribution < -0.4 is 14.8 Å². The van der Waals surface area contributed by atoms with Gasteiger partial charge in [-0.15, -0.1) is 11.3 Å². The van der Waals surface area contributed by atoms with Crippen molar-refractivity contribution in [2.24, 2.45) is 0 Å². The maximum atomic E-state index is 12.3. The number of amides is 1. The summed E-state index contributed by atoms with van der Waals surface area (Å²) in [6.45, 7) is 2.11. The third kappa shape index (κ3) is 4.61. The number of aryl methyl sites for hydroxylation is 1. The zero-order valence-electron chi connectivity index (χ0n) is 15.7. The van der Waals surface area contributed by atoms with Crippen LogP contribution in [0.3, 0.4) is 0 Å². The van der Waals surface area contributed by atoms with E-state index in [-0.39, 0.29) is 25.7 Å². The summed E-state index contributed by atoms with van der Waals surface area (Å²) in [6.07, 6.45) is 0. The Labute approximate surface area is 167 Å². The number of hydrogen-bond donors (Lipinski definition) is 1. The van der Waals surface area contributed by atoms with Gasteiger partial charge in [-0.25, -0.2) is 4.79 Å². The summed E-state index contributed by atoms with van der Waals surface area (Å²) in [7, 11) is 1.57. The normalized spacial score (nSPS) is 10.5. The number of nitrogens with one attached hydrogen (secondary N) is 1. The van der Waals surface area contributed by atoms with Crippen LogP contribution >= 0.6 is 11.3 Å². The molecule has 0 radical (unpaired) electrons. The standard InChI is InChI=1S/C21H21NO5S/c1-14-15-7-3-6-10-18(15)28-20(14)21(24)27-13-19(23)22-11-12-26-17-9-5-4-8-16(17)25-2/h3-10H,11-13H2,1-2H3,(H,22,23). The Morgan fingerprint density at radius 3 is 2.50 bits per heavy atom. The van der Waals surface area contributed by atoms with Crippen molar-refractivity contribution in [2.45, 2.75) is 6.92 Å². The lowest BCUT2D eigenvalue weighted by molar-refractivity contribution is -0.124. The third-order valence-electron chi connectivity index (χ3n) is 4.11. The zero-order chi connectivity index (χ0) is 19.9. The molecule has 0 aliphatic carbocycles. The van der Waals surface area contributed by atoms with Gasteiger partial charge in [0.1, 0.15) is 11.5 Å². The molecule has 2 aromatic carbocycles. The monoisotopic (exact) mass is 399 g/mol. The highest BCUT2D eigenvalue weighted by molar-refractivity contribution is 7.21. The summed E-state index contributed by atoms with van der Waals surface area (Å²) in [6, 6.07) is 15.0. The van der Waals surface area contributed by atoms with E-state index in [1.807, 2.05) is 43.3 Å². The highest BCUT2D eigenvalue weighted by Gasteiger charge is 2.17. The molecule has 0 saturated heterocycles. The van der Waals surface area contributed by atoms with Gasteiger partial charge in [0, 0.05) is 4.70 Å². The van der Waals surface area contributed by atoms with Crippen molar-refractivity contribution in [1.29, 1.82) is 0 Å². The van der Waals surface area contributed by atoms with E-state index in [4.69, 9.17) is 14.2 Å². The Bertz CT molecular complexity index is 982. The molecule has 1 heterocycles. The largest absolute Gasteiger partial charge is 0.493 e. The lowest BCUT2D eigenvalue weighted by Crippen LogP contribution is -2.32. The predicted octanol–water partition coefficient (Wildman–Crippen LogP) is 3.57. The number of methoxy groups -OCH3 is 1. The maximum Gasteiger partial charge on any atom is 0.349 e. The number of para-hydroxylation sites is 2. The molecule has 0 atom stereocenters. The molecule has 3 aromatic rings. The summed E-state index contributed by atoms with van der Waals surface area (Å²) in [5.74, 6) is 0.363. The van der Waals surface area contributed by atoms with E-state index in [1.54, 1.807) is 19.2 Å². The van der Waals surface area contributed by atoms with E-state index in [0.717, 1.165) is 15.6 Å². The molecule has 0 bridgehead atoms. The predicted molar refractivity (Wildman–Crippen MR) is 108 cm³/mol. The van der Waals surface area contributed by atoms with Gasteiger partial charge in [0.25, 0.3) is 5.91 Å². The highest BCUT2D eigenvalue weighted by atomic mass is 32.1. The molecule has 1 amide bonds. The Hall–Kier alpha value is -3.06. The molecule has 0 spiro atoms. The number of thiophene rings is 1. The third-order valence-corrected chi connectivity index (χ3v) is 5.37. The van der Waals surface area contributed by atoms with Gasteiger partial charge < -0.3 is 19.5 Å².